The summed E-state index contributed by atoms with van der Waals surface area (Å²) < 4.78 is 0. The summed E-state index contributed by atoms with van der Waals surface area (Å²) in [6, 6.07) is 0. The minimum absolute atomic E-state index is 0.148. The van der Waals surface area contributed by atoms with Gasteiger partial charge >= 0.3 is 0 Å². The summed E-state index contributed by atoms with van der Waals surface area (Å²) in [5.41, 5.74) is -0.309. The second kappa shape index (κ2) is 8.62. The van der Waals surface area contributed by atoms with Crippen LogP contribution < -0.4 is 0 Å². The van der Waals surface area contributed by atoms with Crippen molar-refractivity contribution in [1.29, 1.82) is 0 Å². The fourth-order valence-electron chi connectivity index (χ4n) is 9.33. The molecule has 5 nitrogen and oxygen atoms in total. The van der Waals surface area contributed by atoms with Gasteiger partial charge in [0.05, 0.1) is 12.1 Å². The first-order valence-electron chi connectivity index (χ1n) is 13.8. The van der Waals surface area contributed by atoms with E-state index in [0.29, 0.717) is 30.1 Å². The van der Waals surface area contributed by atoms with Crippen LogP contribution in [0.2, 0.25) is 0 Å². The normalized spacial score (nSPS) is 48.0. The molecule has 1 aliphatic heterocycles. The highest BCUT2D eigenvalue weighted by Gasteiger charge is 2.59. The number of rotatable bonds is 3. The van der Waals surface area contributed by atoms with Crippen molar-refractivity contribution in [1.82, 2.24) is 9.80 Å². The van der Waals surface area contributed by atoms with Gasteiger partial charge in [-0.3, -0.25) is 14.5 Å². The Hall–Kier alpha value is -0.940. The molecule has 5 aliphatic rings. The molecule has 5 rings (SSSR count). The van der Waals surface area contributed by atoms with E-state index >= 15 is 0 Å². The van der Waals surface area contributed by atoms with Gasteiger partial charge in [0.1, 0.15) is 5.78 Å². The van der Waals surface area contributed by atoms with Crippen LogP contribution in [0.5, 0.6) is 0 Å². The molecular weight excluding hydrogens is 412 g/mol. The Labute approximate surface area is 200 Å². The van der Waals surface area contributed by atoms with Gasteiger partial charge in [0.25, 0.3) is 0 Å². The van der Waals surface area contributed by atoms with Crippen LogP contribution in [0.4, 0.5) is 0 Å². The van der Waals surface area contributed by atoms with Crippen LogP contribution in [0.3, 0.4) is 0 Å². The smallest absolute Gasteiger partial charge is 0.219 e. The van der Waals surface area contributed by atoms with E-state index in [0.717, 1.165) is 56.8 Å². The van der Waals surface area contributed by atoms with Crippen LogP contribution in [0, 0.1) is 46.8 Å². The summed E-state index contributed by atoms with van der Waals surface area (Å²) in [5.74, 6) is 5.03. The van der Waals surface area contributed by atoms with E-state index in [4.69, 9.17) is 0 Å². The number of nitrogens with zero attached hydrogens (tertiary/aromatic N) is 2. The van der Waals surface area contributed by atoms with Crippen LogP contribution >= 0.6 is 0 Å². The first-order chi connectivity index (χ1) is 15.6. The van der Waals surface area contributed by atoms with Crippen molar-refractivity contribution >= 4 is 11.7 Å². The number of hydrogen-bond acceptors (Lipinski definition) is 4. The van der Waals surface area contributed by atoms with E-state index < -0.39 is 5.60 Å². The summed E-state index contributed by atoms with van der Waals surface area (Å²) in [7, 11) is 0. The van der Waals surface area contributed by atoms with Crippen molar-refractivity contribution in [2.45, 2.75) is 84.7 Å². The van der Waals surface area contributed by atoms with Gasteiger partial charge < -0.3 is 10.0 Å². The number of aliphatic hydroxyl groups is 1. The predicted octanol–water partition coefficient (Wildman–Crippen LogP) is 3.99. The molecule has 1 N–H and O–H groups in total. The van der Waals surface area contributed by atoms with Crippen molar-refractivity contribution in [3.8, 4) is 0 Å². The quantitative estimate of drug-likeness (QED) is 0.695. The molecule has 9 atom stereocenters. The maximum atomic E-state index is 13.5. The average molecular weight is 459 g/mol. The van der Waals surface area contributed by atoms with Crippen molar-refractivity contribution in [2.24, 2.45) is 46.8 Å². The Morgan fingerprint density at radius 3 is 2.36 bits per heavy atom. The van der Waals surface area contributed by atoms with Crippen molar-refractivity contribution < 1.29 is 14.7 Å². The highest BCUT2D eigenvalue weighted by atomic mass is 16.3. The van der Waals surface area contributed by atoms with E-state index in [1.165, 1.54) is 38.5 Å². The zero-order chi connectivity index (χ0) is 23.5. The van der Waals surface area contributed by atoms with Gasteiger partial charge in [-0.25, -0.2) is 0 Å². The number of fused-ring (bicyclic) bond motifs is 5. The van der Waals surface area contributed by atoms with Gasteiger partial charge in [-0.05, 0) is 99.2 Å². The molecule has 0 spiro atoms. The summed E-state index contributed by atoms with van der Waals surface area (Å²) in [6.45, 7) is 12.2. The standard InChI is InChI=1S/C28H46N2O3/c1-18-15-23-20(16-28(18,4)33)5-6-22-21(23)9-10-27(3)24(22)7-8-25(27)26(32)17-29-11-13-30(14-12-29)19(2)31/h18,20-25,33H,5-17H2,1-4H3/t18-,20-,21-,22+,23-,24-,25+,27-,28-/m0/s1. The van der Waals surface area contributed by atoms with Gasteiger partial charge in [0.15, 0.2) is 0 Å². The SMILES string of the molecule is CC(=O)N1CCN(CC(=O)[C@H]2CC[C@H]3[C@@H]4CC[C@H]5C[C@](C)(O)[C@@H](C)C[C@@H]5[C@H]4CC[C@]23C)CC1. The summed E-state index contributed by atoms with van der Waals surface area (Å²) in [6.07, 6.45) is 9.58. The number of piperazine rings is 1. The maximum absolute atomic E-state index is 13.5. The van der Waals surface area contributed by atoms with Crippen LogP contribution in [-0.4, -0.2) is 64.9 Å². The van der Waals surface area contributed by atoms with Crippen LogP contribution in [0.15, 0.2) is 0 Å². The lowest BCUT2D eigenvalue weighted by Crippen LogP contribution is -2.53. The Morgan fingerprint density at radius 1 is 0.939 bits per heavy atom. The second-order valence-electron chi connectivity index (χ2n) is 13.1. The summed E-state index contributed by atoms with van der Waals surface area (Å²) in [5, 5.41) is 10.9. The predicted molar refractivity (Wildman–Crippen MR) is 129 cm³/mol. The van der Waals surface area contributed by atoms with Crippen LogP contribution in [0.25, 0.3) is 0 Å². The molecule has 4 aliphatic carbocycles. The molecule has 0 radical (unpaired) electrons. The highest BCUT2D eigenvalue weighted by Crippen LogP contribution is 2.65. The van der Waals surface area contributed by atoms with Gasteiger partial charge in [0, 0.05) is 39.0 Å². The van der Waals surface area contributed by atoms with Crippen molar-refractivity contribution in [2.75, 3.05) is 32.7 Å². The fourth-order valence-corrected chi connectivity index (χ4v) is 9.33. The number of amides is 1. The highest BCUT2D eigenvalue weighted by molar-refractivity contribution is 5.84. The van der Waals surface area contributed by atoms with Crippen LogP contribution in [0.1, 0.15) is 79.1 Å². The topological polar surface area (TPSA) is 60.9 Å². The first kappa shape index (κ1) is 23.8. The minimum Gasteiger partial charge on any atom is -0.390 e. The van der Waals surface area contributed by atoms with Gasteiger partial charge in [-0.15, -0.1) is 0 Å². The molecule has 0 aromatic rings. The molecule has 186 valence electrons. The second-order valence-corrected chi connectivity index (χ2v) is 13.1. The molecule has 1 amide bonds. The third kappa shape index (κ3) is 4.09. The molecule has 4 saturated carbocycles. The molecule has 0 aromatic heterocycles. The fraction of sp³-hybridized carbons (Fsp3) is 0.929. The Bertz CT molecular complexity index is 773. The molecule has 1 saturated heterocycles. The van der Waals surface area contributed by atoms with E-state index in [-0.39, 0.29) is 17.2 Å². The number of carbonyl (C=O) groups excluding carboxylic acids is 2. The third-order valence-electron chi connectivity index (χ3n) is 11.5. The lowest BCUT2D eigenvalue weighted by atomic mass is 9.48. The molecule has 1 heterocycles. The monoisotopic (exact) mass is 458 g/mol. The summed E-state index contributed by atoms with van der Waals surface area (Å²) in [4.78, 5) is 29.3. The zero-order valence-corrected chi connectivity index (χ0v) is 21.4. The lowest BCUT2D eigenvalue weighted by Gasteiger charge is -2.58. The van der Waals surface area contributed by atoms with E-state index in [2.05, 4.69) is 25.7 Å². The first-order valence-corrected chi connectivity index (χ1v) is 13.8. The van der Waals surface area contributed by atoms with Gasteiger partial charge in [0.2, 0.25) is 5.91 Å². The Balaban J connectivity index is 1.23. The van der Waals surface area contributed by atoms with Gasteiger partial charge in [-0.1, -0.05) is 13.8 Å². The Morgan fingerprint density at radius 2 is 1.67 bits per heavy atom. The molecule has 33 heavy (non-hydrogen) atoms. The molecule has 0 unspecified atom stereocenters. The zero-order valence-electron chi connectivity index (χ0n) is 21.4. The largest absolute Gasteiger partial charge is 0.390 e. The molecule has 5 fully saturated rings. The third-order valence-corrected chi connectivity index (χ3v) is 11.5. The lowest BCUT2D eigenvalue weighted by molar-refractivity contribution is -0.138. The molecule has 0 aromatic carbocycles. The molecular formula is C28H46N2O3. The minimum atomic E-state index is -0.488. The van der Waals surface area contributed by atoms with E-state index in [1.807, 2.05) is 4.90 Å². The van der Waals surface area contributed by atoms with E-state index in [9.17, 15) is 14.7 Å². The number of ketones is 1. The number of hydrogen-bond donors (Lipinski definition) is 1. The Kier molecular flexibility index (Phi) is 6.21. The van der Waals surface area contributed by atoms with Crippen molar-refractivity contribution in [3.63, 3.8) is 0 Å². The van der Waals surface area contributed by atoms with E-state index in [1.54, 1.807) is 6.92 Å². The number of carbonyl (C=O) groups is 2. The maximum Gasteiger partial charge on any atom is 0.219 e. The van der Waals surface area contributed by atoms with Crippen LogP contribution in [-0.2, 0) is 9.59 Å². The molecule has 5 heteroatoms. The van der Waals surface area contributed by atoms with Gasteiger partial charge in [-0.2, -0.15) is 0 Å². The van der Waals surface area contributed by atoms with Crippen molar-refractivity contribution in [3.05, 3.63) is 0 Å². The molecule has 0 bridgehead atoms. The average Bonchev–Trinajstić information content (AvgIpc) is 3.12. The summed E-state index contributed by atoms with van der Waals surface area (Å²) >= 11 is 0. The number of Topliss-reactive ketones (excluding diaryl/α,β-unsaturated/α-hetero) is 1.